The van der Waals surface area contributed by atoms with Crippen LogP contribution in [0.4, 0.5) is 0 Å². The molecular formula is C11H18O5Si. The zero-order valence-electron chi connectivity index (χ0n) is 10.4. The number of rotatable bonds is 7. The summed E-state index contributed by atoms with van der Waals surface area (Å²) < 4.78 is 9.12. The molecule has 0 aromatic heterocycles. The van der Waals surface area contributed by atoms with Gasteiger partial charge in [0.15, 0.2) is 0 Å². The van der Waals surface area contributed by atoms with Crippen LogP contribution >= 0.6 is 0 Å². The molecule has 5 nitrogen and oxygen atoms in total. The van der Waals surface area contributed by atoms with Crippen molar-refractivity contribution in [1.82, 2.24) is 0 Å². The number of ketones is 1. The van der Waals surface area contributed by atoms with E-state index in [0.717, 1.165) is 6.04 Å². The number of hydrogen-bond acceptors (Lipinski definition) is 5. The molecule has 6 heteroatoms. The van der Waals surface area contributed by atoms with Gasteiger partial charge in [0.2, 0.25) is 0 Å². The van der Waals surface area contributed by atoms with Crippen molar-refractivity contribution in [2.75, 3.05) is 13.2 Å². The maximum absolute atomic E-state index is 11.2. The minimum absolute atomic E-state index is 0.104. The van der Waals surface area contributed by atoms with Crippen LogP contribution in [-0.4, -0.2) is 39.0 Å². The van der Waals surface area contributed by atoms with Gasteiger partial charge in [-0.1, -0.05) is 32.3 Å². The lowest BCUT2D eigenvalue weighted by molar-refractivity contribution is -0.163. The topological polar surface area (TPSA) is 69.7 Å². The van der Waals surface area contributed by atoms with Crippen molar-refractivity contribution in [1.29, 1.82) is 0 Å². The Kier molecular flexibility index (Phi) is 6.41. The summed E-state index contributed by atoms with van der Waals surface area (Å²) in [4.78, 5) is 33.3. The largest absolute Gasteiger partial charge is 0.460 e. The summed E-state index contributed by atoms with van der Waals surface area (Å²) in [6.07, 6.45) is 1.31. The van der Waals surface area contributed by atoms with Gasteiger partial charge in [-0.3, -0.25) is 4.79 Å². The zero-order valence-corrected chi connectivity index (χ0v) is 11.4. The monoisotopic (exact) mass is 258 g/mol. The van der Waals surface area contributed by atoms with E-state index in [4.69, 9.17) is 4.74 Å². The number of carbonyl (C=O) groups excluding carboxylic acids is 3. The molecule has 0 aromatic rings. The van der Waals surface area contributed by atoms with Crippen LogP contribution < -0.4 is 0 Å². The first kappa shape index (κ1) is 15.6. The van der Waals surface area contributed by atoms with Crippen LogP contribution in [-0.2, 0) is 23.9 Å². The molecule has 0 atom stereocenters. The molecule has 0 radical (unpaired) electrons. The van der Waals surface area contributed by atoms with Crippen molar-refractivity contribution >= 4 is 25.8 Å². The van der Waals surface area contributed by atoms with Gasteiger partial charge < -0.3 is 9.47 Å². The van der Waals surface area contributed by atoms with Crippen molar-refractivity contribution in [3.05, 3.63) is 12.7 Å². The Morgan fingerprint density at radius 3 is 2.12 bits per heavy atom. The highest BCUT2D eigenvalue weighted by molar-refractivity contribution is 6.76. The van der Waals surface area contributed by atoms with Gasteiger partial charge in [0.1, 0.15) is 6.61 Å². The van der Waals surface area contributed by atoms with Crippen molar-refractivity contribution in [2.24, 2.45) is 0 Å². The van der Waals surface area contributed by atoms with E-state index in [1.54, 1.807) is 0 Å². The normalized spacial score (nSPS) is 10.5. The fraction of sp³-hybridized carbons (Fsp3) is 0.545. The molecule has 96 valence electrons. The molecule has 0 aliphatic heterocycles. The van der Waals surface area contributed by atoms with Crippen LogP contribution in [0.3, 0.4) is 0 Å². The van der Waals surface area contributed by atoms with Gasteiger partial charge >= 0.3 is 17.7 Å². The quantitative estimate of drug-likeness (QED) is 0.225. The van der Waals surface area contributed by atoms with Gasteiger partial charge in [0.25, 0.3) is 0 Å². The molecular weight excluding hydrogens is 240 g/mol. The second-order valence-corrected chi connectivity index (χ2v) is 10.3. The van der Waals surface area contributed by atoms with Crippen LogP contribution in [0, 0.1) is 0 Å². The van der Waals surface area contributed by atoms with E-state index in [9.17, 15) is 14.4 Å². The first-order valence-corrected chi connectivity index (χ1v) is 8.98. The third-order valence-corrected chi connectivity index (χ3v) is 3.49. The fourth-order valence-electron chi connectivity index (χ4n) is 0.799. The highest BCUT2D eigenvalue weighted by atomic mass is 28.3. The summed E-state index contributed by atoms with van der Waals surface area (Å²) >= 11 is 0. The lowest BCUT2D eigenvalue weighted by Crippen LogP contribution is -2.30. The Hall–Kier alpha value is -1.43. The molecule has 0 saturated carbocycles. The van der Waals surface area contributed by atoms with E-state index in [2.05, 4.69) is 31.0 Å². The summed E-state index contributed by atoms with van der Waals surface area (Å²) in [6, 6.07) is 0.744. The van der Waals surface area contributed by atoms with Gasteiger partial charge in [-0.05, 0) is 6.04 Å². The highest BCUT2D eigenvalue weighted by Gasteiger charge is 2.26. The molecule has 0 bridgehead atoms. The molecule has 0 fully saturated rings. The molecule has 0 aromatic carbocycles. The maximum Gasteiger partial charge on any atom is 0.387 e. The third-order valence-electron chi connectivity index (χ3n) is 1.79. The number of hydrogen-bond donors (Lipinski definition) is 0. The van der Waals surface area contributed by atoms with Crippen LogP contribution in [0.1, 0.15) is 0 Å². The van der Waals surface area contributed by atoms with Gasteiger partial charge in [-0.25, -0.2) is 9.59 Å². The summed E-state index contributed by atoms with van der Waals surface area (Å²) in [6.45, 7) is 9.71. The summed E-state index contributed by atoms with van der Waals surface area (Å²) in [7, 11) is -1.32. The fourth-order valence-corrected chi connectivity index (χ4v) is 1.51. The van der Waals surface area contributed by atoms with Gasteiger partial charge in [-0.2, -0.15) is 0 Å². The molecule has 0 amide bonds. The van der Waals surface area contributed by atoms with Gasteiger partial charge in [0.05, 0.1) is 6.61 Å². The van der Waals surface area contributed by atoms with Crippen LogP contribution in [0.15, 0.2) is 12.7 Å². The SMILES string of the molecule is C=CCOC(=O)C(=O)C(=O)OCC[Si](C)(C)C. The molecule has 0 aliphatic carbocycles. The van der Waals surface area contributed by atoms with Crippen LogP contribution in [0.2, 0.25) is 25.7 Å². The van der Waals surface area contributed by atoms with Crippen LogP contribution in [0.5, 0.6) is 0 Å². The minimum atomic E-state index is -1.32. The second-order valence-electron chi connectivity index (χ2n) is 4.66. The molecule has 0 unspecified atom stereocenters. The second kappa shape index (κ2) is 7.00. The Morgan fingerprint density at radius 2 is 1.65 bits per heavy atom. The highest BCUT2D eigenvalue weighted by Crippen LogP contribution is 2.07. The summed E-state index contributed by atoms with van der Waals surface area (Å²) in [5.41, 5.74) is 0. The molecule has 0 saturated heterocycles. The zero-order chi connectivity index (χ0) is 13.5. The van der Waals surface area contributed by atoms with Crippen molar-refractivity contribution in [3.8, 4) is 0 Å². The lowest BCUT2D eigenvalue weighted by atomic mass is 10.4. The predicted molar refractivity (Wildman–Crippen MR) is 65.3 cm³/mol. The Morgan fingerprint density at radius 1 is 1.12 bits per heavy atom. The average Bonchev–Trinajstić information content (AvgIpc) is 2.22. The minimum Gasteiger partial charge on any atom is -0.460 e. The molecule has 0 aliphatic rings. The average molecular weight is 258 g/mol. The lowest BCUT2D eigenvalue weighted by Gasteiger charge is -2.14. The summed E-state index contributed by atoms with van der Waals surface area (Å²) in [5.74, 6) is -3.64. The number of esters is 2. The Balaban J connectivity index is 4.02. The molecule has 17 heavy (non-hydrogen) atoms. The number of Topliss-reactive ketones (excluding diaryl/α,β-unsaturated/α-hetero) is 1. The molecule has 0 N–H and O–H groups in total. The van der Waals surface area contributed by atoms with Crippen molar-refractivity contribution in [2.45, 2.75) is 25.7 Å². The molecule has 0 spiro atoms. The van der Waals surface area contributed by atoms with E-state index in [-0.39, 0.29) is 13.2 Å². The Labute approximate surface area is 102 Å². The van der Waals surface area contributed by atoms with Gasteiger partial charge in [-0.15, -0.1) is 0 Å². The molecule has 0 heterocycles. The van der Waals surface area contributed by atoms with E-state index < -0.39 is 25.8 Å². The maximum atomic E-state index is 11.2. The van der Waals surface area contributed by atoms with E-state index in [1.165, 1.54) is 6.08 Å². The standard InChI is InChI=1S/C11H18O5Si/c1-5-6-15-10(13)9(12)11(14)16-7-8-17(2,3)4/h5H,1,6-8H2,2-4H3. The predicted octanol–water partition coefficient (Wildman–Crippen LogP) is 1.17. The van der Waals surface area contributed by atoms with Gasteiger partial charge in [0, 0.05) is 8.07 Å². The first-order valence-electron chi connectivity index (χ1n) is 5.27. The van der Waals surface area contributed by atoms with E-state index >= 15 is 0 Å². The summed E-state index contributed by atoms with van der Waals surface area (Å²) in [5, 5.41) is 0. The number of ether oxygens (including phenoxy) is 2. The van der Waals surface area contributed by atoms with Crippen LogP contribution in [0.25, 0.3) is 0 Å². The van der Waals surface area contributed by atoms with E-state index in [0.29, 0.717) is 0 Å². The smallest absolute Gasteiger partial charge is 0.387 e. The first-order chi connectivity index (χ1) is 7.78. The Bertz CT molecular complexity index is 316. The molecule has 0 rings (SSSR count). The number of carbonyl (C=O) groups is 3. The van der Waals surface area contributed by atoms with Crippen molar-refractivity contribution in [3.63, 3.8) is 0 Å². The third kappa shape index (κ3) is 7.45. The van der Waals surface area contributed by atoms with E-state index in [1.807, 2.05) is 0 Å². The van der Waals surface area contributed by atoms with Crippen molar-refractivity contribution < 1.29 is 23.9 Å².